The highest BCUT2D eigenvalue weighted by Crippen LogP contribution is 2.51. The van der Waals surface area contributed by atoms with Crippen LogP contribution < -0.4 is 10.5 Å². The van der Waals surface area contributed by atoms with Crippen LogP contribution in [-0.2, 0) is 9.59 Å². The monoisotopic (exact) mass is 347 g/mol. The molecule has 128 valence electrons. The Kier molecular flexibility index (Phi) is 4.44. The van der Waals surface area contributed by atoms with E-state index in [1.807, 2.05) is 24.3 Å². The van der Waals surface area contributed by atoms with Crippen molar-refractivity contribution in [1.29, 1.82) is 0 Å². The van der Waals surface area contributed by atoms with Gasteiger partial charge in [0.15, 0.2) is 5.78 Å². The summed E-state index contributed by atoms with van der Waals surface area (Å²) < 4.78 is 6.02. The fourth-order valence-electron chi connectivity index (χ4n) is 3.18. The molecular formula is C18H21NO4S. The van der Waals surface area contributed by atoms with Crippen LogP contribution in [0.2, 0.25) is 0 Å². The van der Waals surface area contributed by atoms with Crippen LogP contribution in [0.4, 0.5) is 0 Å². The zero-order chi connectivity index (χ0) is 17.5. The molecule has 3 N–H and O–H groups in total. The highest BCUT2D eigenvalue weighted by molar-refractivity contribution is 7.99. The molecule has 0 saturated carbocycles. The number of hydrogen-bond acceptors (Lipinski definition) is 5. The lowest BCUT2D eigenvalue weighted by Gasteiger charge is -2.38. The van der Waals surface area contributed by atoms with Crippen molar-refractivity contribution in [1.82, 2.24) is 0 Å². The predicted molar refractivity (Wildman–Crippen MR) is 92.9 cm³/mol. The molecule has 6 heteroatoms. The van der Waals surface area contributed by atoms with Gasteiger partial charge in [-0.3, -0.25) is 9.59 Å². The van der Waals surface area contributed by atoms with Crippen LogP contribution in [0.3, 0.4) is 0 Å². The van der Waals surface area contributed by atoms with Gasteiger partial charge in [-0.25, -0.2) is 0 Å². The third-order valence-corrected chi connectivity index (χ3v) is 5.71. The standard InChI is InChI=1S/C18H21NO4S/c1-18(2)7-12(20)15-14(8-18)23-13-6-4-3-5-10(13)16(15)24-9-11(19)17(21)22/h3-6,11,16H,7-9,19H2,1-2H3,(H,21,22)/t11-,16?/m0/s1. The number of benzene rings is 1. The number of Topliss-reactive ketones (excluding diaryl/α,β-unsaturated/α-hetero) is 1. The molecule has 1 unspecified atom stereocenters. The highest BCUT2D eigenvalue weighted by atomic mass is 32.2. The summed E-state index contributed by atoms with van der Waals surface area (Å²) in [6, 6.07) is 6.65. The fraction of sp³-hybridized carbons (Fsp3) is 0.444. The van der Waals surface area contributed by atoms with Crippen LogP contribution in [0.25, 0.3) is 0 Å². The van der Waals surface area contributed by atoms with Crippen LogP contribution in [-0.4, -0.2) is 28.7 Å². The molecule has 2 atom stereocenters. The van der Waals surface area contributed by atoms with Crippen molar-refractivity contribution in [2.75, 3.05) is 5.75 Å². The summed E-state index contributed by atoms with van der Waals surface area (Å²) in [6.07, 6.45) is 1.17. The Balaban J connectivity index is 1.97. The molecule has 0 radical (unpaired) electrons. The minimum absolute atomic E-state index is 0.0807. The van der Waals surface area contributed by atoms with Gasteiger partial charge >= 0.3 is 5.97 Å². The van der Waals surface area contributed by atoms with Gasteiger partial charge in [0.2, 0.25) is 0 Å². The third kappa shape index (κ3) is 3.21. The van der Waals surface area contributed by atoms with Gasteiger partial charge < -0.3 is 15.6 Å². The zero-order valence-electron chi connectivity index (χ0n) is 13.7. The molecule has 0 saturated heterocycles. The molecule has 0 amide bonds. The van der Waals surface area contributed by atoms with E-state index in [9.17, 15) is 9.59 Å². The van der Waals surface area contributed by atoms with Crippen molar-refractivity contribution in [3.8, 4) is 5.75 Å². The Labute approximate surface area is 145 Å². The average Bonchev–Trinajstić information content (AvgIpc) is 2.49. The zero-order valence-corrected chi connectivity index (χ0v) is 14.6. The van der Waals surface area contributed by atoms with E-state index in [0.717, 1.165) is 17.1 Å². The van der Waals surface area contributed by atoms with Gasteiger partial charge in [-0.05, 0) is 11.5 Å². The Bertz CT molecular complexity index is 725. The van der Waals surface area contributed by atoms with Crippen molar-refractivity contribution < 1.29 is 19.4 Å². The SMILES string of the molecule is CC1(C)CC(=O)C2=C(C1)Oc1ccccc1C2SC[C@H](N)C(=O)O. The molecule has 0 bridgehead atoms. The Morgan fingerprint density at radius 3 is 2.83 bits per heavy atom. The summed E-state index contributed by atoms with van der Waals surface area (Å²) in [6.45, 7) is 4.11. The van der Waals surface area contributed by atoms with E-state index in [0.29, 0.717) is 18.4 Å². The molecule has 1 aliphatic heterocycles. The number of nitrogens with two attached hydrogens (primary N) is 1. The topological polar surface area (TPSA) is 89.6 Å². The van der Waals surface area contributed by atoms with Gasteiger partial charge in [0.25, 0.3) is 0 Å². The summed E-state index contributed by atoms with van der Waals surface area (Å²) in [5.74, 6) is 0.742. The molecule has 3 rings (SSSR count). The molecule has 0 aromatic heterocycles. The number of para-hydroxylation sites is 1. The lowest BCUT2D eigenvalue weighted by Crippen LogP contribution is -2.35. The molecular weight excluding hydrogens is 326 g/mol. The average molecular weight is 347 g/mol. The Hall–Kier alpha value is -1.79. The first-order valence-electron chi connectivity index (χ1n) is 7.91. The minimum atomic E-state index is -1.03. The van der Waals surface area contributed by atoms with Gasteiger partial charge in [-0.2, -0.15) is 0 Å². The summed E-state index contributed by atoms with van der Waals surface area (Å²) in [5.41, 5.74) is 7.10. The Morgan fingerprint density at radius 2 is 2.12 bits per heavy atom. The van der Waals surface area contributed by atoms with Crippen molar-refractivity contribution in [2.24, 2.45) is 11.1 Å². The molecule has 1 aromatic rings. The molecule has 1 aliphatic carbocycles. The number of carboxylic acid groups (broad SMARTS) is 1. The largest absolute Gasteiger partial charge is 0.480 e. The van der Waals surface area contributed by atoms with Crippen LogP contribution in [0, 0.1) is 5.41 Å². The number of rotatable bonds is 4. The van der Waals surface area contributed by atoms with Crippen LogP contribution >= 0.6 is 11.8 Å². The van der Waals surface area contributed by atoms with E-state index in [4.69, 9.17) is 15.6 Å². The number of carbonyl (C=O) groups excluding carboxylic acids is 1. The van der Waals surface area contributed by atoms with E-state index in [2.05, 4.69) is 13.8 Å². The second-order valence-corrected chi connectivity index (χ2v) is 8.21. The first-order valence-corrected chi connectivity index (χ1v) is 8.96. The summed E-state index contributed by atoms with van der Waals surface area (Å²) in [4.78, 5) is 23.8. The lowest BCUT2D eigenvalue weighted by atomic mass is 9.74. The molecule has 0 spiro atoms. The summed E-state index contributed by atoms with van der Waals surface area (Å²) >= 11 is 1.40. The smallest absolute Gasteiger partial charge is 0.321 e. The van der Waals surface area contributed by atoms with Crippen LogP contribution in [0.1, 0.15) is 37.5 Å². The number of aliphatic carboxylic acids is 1. The first kappa shape index (κ1) is 17.0. The van der Waals surface area contributed by atoms with Gasteiger partial charge in [-0.1, -0.05) is 32.0 Å². The van der Waals surface area contributed by atoms with Crippen molar-refractivity contribution in [2.45, 2.75) is 38.0 Å². The normalized spacial score (nSPS) is 23.1. The van der Waals surface area contributed by atoms with E-state index in [1.54, 1.807) is 0 Å². The maximum absolute atomic E-state index is 12.7. The summed E-state index contributed by atoms with van der Waals surface area (Å²) in [7, 11) is 0. The van der Waals surface area contributed by atoms with Crippen LogP contribution in [0.15, 0.2) is 35.6 Å². The van der Waals surface area contributed by atoms with Crippen molar-refractivity contribution in [3.05, 3.63) is 41.2 Å². The second-order valence-electron chi connectivity index (χ2n) is 7.08. The number of fused-ring (bicyclic) bond motifs is 1. The van der Waals surface area contributed by atoms with Crippen molar-refractivity contribution in [3.63, 3.8) is 0 Å². The number of carbonyl (C=O) groups is 2. The maximum atomic E-state index is 12.7. The number of thioether (sulfide) groups is 1. The molecule has 5 nitrogen and oxygen atoms in total. The Morgan fingerprint density at radius 1 is 1.42 bits per heavy atom. The number of ketones is 1. The van der Waals surface area contributed by atoms with E-state index in [1.165, 1.54) is 11.8 Å². The van der Waals surface area contributed by atoms with Crippen LogP contribution in [0.5, 0.6) is 5.75 Å². The fourth-order valence-corrected chi connectivity index (χ4v) is 4.53. The number of allylic oxidation sites excluding steroid dienone is 1. The predicted octanol–water partition coefficient (Wildman–Crippen LogP) is 2.91. The molecule has 24 heavy (non-hydrogen) atoms. The van der Waals surface area contributed by atoms with E-state index < -0.39 is 12.0 Å². The van der Waals surface area contributed by atoms with Gasteiger partial charge in [0.1, 0.15) is 17.6 Å². The van der Waals surface area contributed by atoms with E-state index >= 15 is 0 Å². The first-order chi connectivity index (χ1) is 11.3. The maximum Gasteiger partial charge on any atom is 0.321 e. The van der Waals surface area contributed by atoms with E-state index in [-0.39, 0.29) is 22.2 Å². The minimum Gasteiger partial charge on any atom is -0.480 e. The molecule has 0 fully saturated rings. The van der Waals surface area contributed by atoms with Gasteiger partial charge in [0, 0.05) is 24.2 Å². The lowest BCUT2D eigenvalue weighted by molar-refractivity contribution is -0.137. The highest BCUT2D eigenvalue weighted by Gasteiger charge is 2.41. The number of carboxylic acids is 1. The molecule has 2 aliphatic rings. The molecule has 1 aromatic carbocycles. The molecule has 1 heterocycles. The van der Waals surface area contributed by atoms with Crippen molar-refractivity contribution >= 4 is 23.5 Å². The third-order valence-electron chi connectivity index (χ3n) is 4.34. The number of ether oxygens (including phenoxy) is 1. The summed E-state index contributed by atoms with van der Waals surface area (Å²) in [5, 5.41) is 8.79. The second kappa shape index (κ2) is 6.26. The van der Waals surface area contributed by atoms with Gasteiger partial charge in [-0.15, -0.1) is 11.8 Å². The quantitative estimate of drug-likeness (QED) is 0.870. The number of hydrogen-bond donors (Lipinski definition) is 2. The van der Waals surface area contributed by atoms with Gasteiger partial charge in [0.05, 0.1) is 10.8 Å².